The molecule has 3 heterocycles. The smallest absolute Gasteiger partial charge is 0.273 e. The topological polar surface area (TPSA) is 70.1 Å². The fraction of sp³-hybridized carbons (Fsp3) is 0.118. The molecule has 5 nitrogen and oxygen atoms in total. The van der Waals surface area contributed by atoms with E-state index >= 15 is 0 Å². The zero-order valence-corrected chi connectivity index (χ0v) is 13.5. The van der Waals surface area contributed by atoms with Crippen molar-refractivity contribution in [2.24, 2.45) is 5.10 Å². The van der Waals surface area contributed by atoms with Gasteiger partial charge in [-0.05, 0) is 43.7 Å². The first-order valence-electron chi connectivity index (χ1n) is 7.24. The highest BCUT2D eigenvalue weighted by atomic mass is 32.1. The summed E-state index contributed by atoms with van der Waals surface area (Å²) < 4.78 is 1.08. The van der Waals surface area contributed by atoms with Crippen molar-refractivity contribution in [2.75, 3.05) is 0 Å². The van der Waals surface area contributed by atoms with Gasteiger partial charge in [-0.15, -0.1) is 11.3 Å². The summed E-state index contributed by atoms with van der Waals surface area (Å²) in [6.07, 6.45) is 1.84. The molecule has 6 heteroatoms. The number of carbonyl (C=O) groups excluding carboxylic acids is 1. The molecule has 0 unspecified atom stereocenters. The molecule has 0 atom stereocenters. The van der Waals surface area contributed by atoms with E-state index < -0.39 is 0 Å². The summed E-state index contributed by atoms with van der Waals surface area (Å²) in [5, 5.41) is 4.93. The Morgan fingerprint density at radius 2 is 2.04 bits per heavy atom. The number of hydrogen-bond donors (Lipinski definition) is 2. The van der Waals surface area contributed by atoms with Gasteiger partial charge >= 0.3 is 0 Å². The number of aryl methyl sites for hydroxylation is 2. The lowest BCUT2D eigenvalue weighted by Gasteiger charge is -1.98. The lowest BCUT2D eigenvalue weighted by atomic mass is 10.1. The van der Waals surface area contributed by atoms with Crippen LogP contribution in [-0.2, 0) is 4.79 Å². The number of rotatable bonds is 2. The van der Waals surface area contributed by atoms with Crippen molar-refractivity contribution < 1.29 is 4.79 Å². The monoisotopic (exact) mass is 322 g/mol. The van der Waals surface area contributed by atoms with Crippen molar-refractivity contribution in [2.45, 2.75) is 13.8 Å². The van der Waals surface area contributed by atoms with Crippen molar-refractivity contribution in [3.05, 3.63) is 57.9 Å². The maximum Gasteiger partial charge on any atom is 0.273 e. The van der Waals surface area contributed by atoms with E-state index in [-0.39, 0.29) is 5.91 Å². The van der Waals surface area contributed by atoms with Crippen molar-refractivity contribution in [1.29, 1.82) is 0 Å². The number of carbonyl (C=O) groups is 1. The second-order valence-corrected chi connectivity index (χ2v) is 6.53. The molecule has 0 fully saturated rings. The minimum absolute atomic E-state index is 0.203. The van der Waals surface area contributed by atoms with Gasteiger partial charge in [-0.1, -0.05) is 12.1 Å². The number of H-pyrrole nitrogens is 1. The van der Waals surface area contributed by atoms with Crippen molar-refractivity contribution in [3.8, 4) is 0 Å². The molecule has 0 radical (unpaired) electrons. The van der Waals surface area contributed by atoms with Gasteiger partial charge in [0.05, 0.1) is 15.8 Å². The summed E-state index contributed by atoms with van der Waals surface area (Å²) in [5.74, 6) is -0.203. The Morgan fingerprint density at radius 3 is 2.78 bits per heavy atom. The second kappa shape index (κ2) is 5.17. The number of aromatic amines is 1. The number of hydrogen-bond acceptors (Lipinski definition) is 4. The predicted octanol–water partition coefficient (Wildman–Crippen LogP) is 3.16. The van der Waals surface area contributed by atoms with Crippen LogP contribution in [0.2, 0.25) is 0 Å². The van der Waals surface area contributed by atoms with Crippen LogP contribution >= 0.6 is 11.3 Å². The molecule has 2 N–H and O–H groups in total. The highest BCUT2D eigenvalue weighted by Crippen LogP contribution is 2.26. The molecule has 0 aliphatic carbocycles. The number of amides is 1. The Bertz CT molecular complexity index is 960. The molecule has 23 heavy (non-hydrogen) atoms. The fourth-order valence-electron chi connectivity index (χ4n) is 2.65. The van der Waals surface area contributed by atoms with Gasteiger partial charge in [-0.3, -0.25) is 4.79 Å². The van der Waals surface area contributed by atoms with Gasteiger partial charge < -0.3 is 4.98 Å². The standard InChI is InChI=1S/C17H14N4OS/c1-9-7-10(2)18-13(9)8-11-15(20-21-16(11)22)17-19-12-5-3-4-6-14(12)23-17/h3-8,18H,1-2H3,(H,21,22). The molecular formula is C17H14N4OS. The number of nitrogens with zero attached hydrogens (tertiary/aromatic N) is 2. The van der Waals surface area contributed by atoms with E-state index in [0.29, 0.717) is 11.3 Å². The van der Waals surface area contributed by atoms with Crippen LogP contribution in [0.1, 0.15) is 22.0 Å². The van der Waals surface area contributed by atoms with E-state index in [2.05, 4.69) is 20.5 Å². The number of para-hydroxylation sites is 1. The molecule has 0 spiro atoms. The Balaban J connectivity index is 1.81. The number of fused-ring (bicyclic) bond motifs is 1. The van der Waals surface area contributed by atoms with Crippen molar-refractivity contribution >= 4 is 39.2 Å². The first-order valence-corrected chi connectivity index (χ1v) is 8.06. The van der Waals surface area contributed by atoms with Gasteiger partial charge in [0, 0.05) is 11.4 Å². The molecule has 4 rings (SSSR count). The first kappa shape index (κ1) is 13.9. The molecule has 1 aromatic carbocycles. The van der Waals surface area contributed by atoms with E-state index in [9.17, 15) is 4.79 Å². The fourth-order valence-corrected chi connectivity index (χ4v) is 3.62. The molecule has 0 bridgehead atoms. The molecule has 0 saturated heterocycles. The van der Waals surface area contributed by atoms with Gasteiger partial charge in [0.1, 0.15) is 10.7 Å². The highest BCUT2D eigenvalue weighted by Gasteiger charge is 2.27. The maximum absolute atomic E-state index is 12.2. The van der Waals surface area contributed by atoms with Crippen LogP contribution in [0, 0.1) is 13.8 Å². The van der Waals surface area contributed by atoms with E-state index in [0.717, 1.165) is 32.2 Å². The average Bonchev–Trinajstić information content (AvgIpc) is 3.18. The van der Waals surface area contributed by atoms with Crippen LogP contribution in [0.15, 0.2) is 41.0 Å². The third-order valence-corrected chi connectivity index (χ3v) is 4.79. The number of thiazole rings is 1. The lowest BCUT2D eigenvalue weighted by Crippen LogP contribution is -2.13. The summed E-state index contributed by atoms with van der Waals surface area (Å²) in [4.78, 5) is 20.0. The Hall–Kier alpha value is -2.73. The third-order valence-electron chi connectivity index (χ3n) is 3.74. The van der Waals surface area contributed by atoms with E-state index in [1.54, 1.807) is 0 Å². The van der Waals surface area contributed by atoms with Crippen LogP contribution in [0.25, 0.3) is 16.3 Å². The molecule has 1 amide bonds. The minimum Gasteiger partial charge on any atom is -0.359 e. The zero-order chi connectivity index (χ0) is 16.0. The van der Waals surface area contributed by atoms with Gasteiger partial charge in [0.25, 0.3) is 5.91 Å². The highest BCUT2D eigenvalue weighted by molar-refractivity contribution is 7.20. The largest absolute Gasteiger partial charge is 0.359 e. The molecule has 1 aliphatic rings. The molecule has 114 valence electrons. The van der Waals surface area contributed by atoms with Gasteiger partial charge in [-0.2, -0.15) is 5.10 Å². The van der Waals surface area contributed by atoms with E-state index in [1.807, 2.05) is 50.3 Å². The van der Waals surface area contributed by atoms with Crippen LogP contribution in [0.5, 0.6) is 0 Å². The second-order valence-electron chi connectivity index (χ2n) is 5.50. The summed E-state index contributed by atoms with van der Waals surface area (Å²) in [6.45, 7) is 4.00. The quantitative estimate of drug-likeness (QED) is 0.712. The first-order chi connectivity index (χ1) is 11.1. The molecule has 2 aromatic heterocycles. The Labute approximate surface area is 136 Å². The van der Waals surface area contributed by atoms with Crippen LogP contribution in [-0.4, -0.2) is 21.6 Å². The average molecular weight is 322 g/mol. The van der Waals surface area contributed by atoms with Crippen molar-refractivity contribution in [3.63, 3.8) is 0 Å². The molecule has 0 saturated carbocycles. The van der Waals surface area contributed by atoms with Crippen LogP contribution < -0.4 is 5.43 Å². The van der Waals surface area contributed by atoms with E-state index in [1.165, 1.54) is 11.3 Å². The Morgan fingerprint density at radius 1 is 1.22 bits per heavy atom. The number of nitrogens with one attached hydrogen (secondary N) is 2. The number of hydrazone groups is 1. The lowest BCUT2D eigenvalue weighted by molar-refractivity contribution is -0.116. The molecule has 1 aliphatic heterocycles. The summed E-state index contributed by atoms with van der Waals surface area (Å²) in [7, 11) is 0. The summed E-state index contributed by atoms with van der Waals surface area (Å²) >= 11 is 1.54. The number of aromatic nitrogens is 2. The normalized spacial score (nSPS) is 16.2. The van der Waals surface area contributed by atoms with Gasteiger partial charge in [0.15, 0.2) is 0 Å². The predicted molar refractivity (Wildman–Crippen MR) is 92.5 cm³/mol. The summed E-state index contributed by atoms with van der Waals surface area (Å²) in [5.41, 5.74) is 7.67. The van der Waals surface area contributed by atoms with E-state index in [4.69, 9.17) is 0 Å². The SMILES string of the molecule is Cc1cc(C)c(C=C2C(=O)NN=C2c2nc3ccccc3s2)[nH]1. The summed E-state index contributed by atoms with van der Waals surface area (Å²) in [6, 6.07) is 9.96. The van der Waals surface area contributed by atoms with Gasteiger partial charge in [0.2, 0.25) is 0 Å². The molecule has 3 aromatic rings. The molecular weight excluding hydrogens is 308 g/mol. The zero-order valence-electron chi connectivity index (χ0n) is 12.7. The van der Waals surface area contributed by atoms with Gasteiger partial charge in [-0.25, -0.2) is 10.4 Å². The third kappa shape index (κ3) is 2.37. The minimum atomic E-state index is -0.203. The van der Waals surface area contributed by atoms with Crippen LogP contribution in [0.4, 0.5) is 0 Å². The maximum atomic E-state index is 12.2. The Kier molecular flexibility index (Phi) is 3.12. The number of benzene rings is 1. The van der Waals surface area contributed by atoms with Crippen molar-refractivity contribution in [1.82, 2.24) is 15.4 Å². The van der Waals surface area contributed by atoms with Crippen LogP contribution in [0.3, 0.4) is 0 Å².